The van der Waals surface area contributed by atoms with Gasteiger partial charge in [0.2, 0.25) is 0 Å². The minimum absolute atomic E-state index is 0.126. The predicted octanol–water partition coefficient (Wildman–Crippen LogP) is 5.63. The molecule has 2 amide bonds. The summed E-state index contributed by atoms with van der Waals surface area (Å²) in [4.78, 5) is 33.4. The highest BCUT2D eigenvalue weighted by Gasteiger charge is 2.30. The van der Waals surface area contributed by atoms with Crippen molar-refractivity contribution in [1.29, 1.82) is 0 Å². The molecule has 2 saturated heterocycles. The van der Waals surface area contributed by atoms with E-state index in [4.69, 9.17) is 37.9 Å². The van der Waals surface area contributed by atoms with E-state index >= 15 is 0 Å². The van der Waals surface area contributed by atoms with E-state index in [1.807, 2.05) is 12.1 Å². The third-order valence-corrected chi connectivity index (χ3v) is 11.1. The Morgan fingerprint density at radius 3 is 1.87 bits per heavy atom. The van der Waals surface area contributed by atoms with Gasteiger partial charge in [0.15, 0.2) is 0 Å². The number of carbonyl (C=O) groups is 2. The Kier molecular flexibility index (Phi) is 18.1. The second kappa shape index (κ2) is 24.3. The molecule has 0 unspecified atom stereocenters. The van der Waals surface area contributed by atoms with Crippen molar-refractivity contribution >= 4 is 11.8 Å². The third kappa shape index (κ3) is 13.3. The highest BCUT2D eigenvalue weighted by atomic mass is 16.5. The van der Waals surface area contributed by atoms with Crippen LogP contribution in [-0.2, 0) is 50.0 Å². The zero-order valence-electron chi connectivity index (χ0n) is 36.7. The first-order chi connectivity index (χ1) is 30.4. The number of methoxy groups -OCH3 is 4. The molecule has 0 bridgehead atoms. The van der Waals surface area contributed by atoms with Gasteiger partial charge in [-0.3, -0.25) is 29.2 Å². The minimum Gasteiger partial charge on any atom is -0.501 e. The van der Waals surface area contributed by atoms with Crippen molar-refractivity contribution in [1.82, 2.24) is 19.6 Å². The van der Waals surface area contributed by atoms with Crippen molar-refractivity contribution in [3.8, 4) is 28.7 Å². The molecule has 0 atom stereocenters. The Balaban J connectivity index is 0.000000207. The van der Waals surface area contributed by atoms with Crippen molar-refractivity contribution in [2.75, 3.05) is 107 Å². The minimum atomic E-state index is -0.351. The van der Waals surface area contributed by atoms with Gasteiger partial charge in [0.25, 0.3) is 11.8 Å². The summed E-state index contributed by atoms with van der Waals surface area (Å²) in [5.74, 6) is 3.21. The van der Waals surface area contributed by atoms with E-state index < -0.39 is 0 Å². The molecule has 2 fully saturated rings. The van der Waals surface area contributed by atoms with E-state index in [0.29, 0.717) is 23.7 Å². The van der Waals surface area contributed by atoms with E-state index in [1.54, 1.807) is 64.0 Å². The van der Waals surface area contributed by atoms with Gasteiger partial charge in [-0.15, -0.1) is 0 Å². The number of amides is 2. The molecule has 62 heavy (non-hydrogen) atoms. The van der Waals surface area contributed by atoms with E-state index in [1.165, 1.54) is 34.8 Å². The molecule has 14 nitrogen and oxygen atoms in total. The number of rotatable bonds is 20. The average Bonchev–Trinajstić information content (AvgIpc) is 3.85. The number of morpholine rings is 2. The molecule has 0 N–H and O–H groups in total. The topological polar surface area (TPSA) is 121 Å². The highest BCUT2D eigenvalue weighted by Crippen LogP contribution is 2.34. The molecule has 334 valence electrons. The van der Waals surface area contributed by atoms with Gasteiger partial charge in [-0.1, -0.05) is 24.3 Å². The van der Waals surface area contributed by atoms with E-state index in [9.17, 15) is 9.59 Å². The number of hydrogen-bond donors (Lipinski definition) is 0. The van der Waals surface area contributed by atoms with Gasteiger partial charge in [-0.2, -0.15) is 0 Å². The lowest BCUT2D eigenvalue weighted by Crippen LogP contribution is -2.37. The third-order valence-electron chi connectivity index (χ3n) is 11.1. The van der Waals surface area contributed by atoms with Crippen LogP contribution >= 0.6 is 0 Å². The van der Waals surface area contributed by atoms with Crippen molar-refractivity contribution in [2.24, 2.45) is 0 Å². The number of fused-ring (bicyclic) bond motifs is 1. The van der Waals surface area contributed by atoms with E-state index in [0.717, 1.165) is 128 Å². The smallest absolute Gasteiger partial charge is 0.261 e. The fourth-order valence-electron chi connectivity index (χ4n) is 7.70. The Morgan fingerprint density at radius 2 is 1.26 bits per heavy atom. The van der Waals surface area contributed by atoms with Crippen molar-refractivity contribution in [3.63, 3.8) is 0 Å². The normalized spacial score (nSPS) is 17.2. The predicted molar refractivity (Wildman–Crippen MR) is 236 cm³/mol. The first kappa shape index (κ1) is 46.1. The molecular weight excluding hydrogens is 793 g/mol. The van der Waals surface area contributed by atoms with Crippen LogP contribution in [0.5, 0.6) is 28.7 Å². The number of hydrogen-bond acceptors (Lipinski definition) is 13. The van der Waals surface area contributed by atoms with Crippen LogP contribution in [0.3, 0.4) is 0 Å². The van der Waals surface area contributed by atoms with Gasteiger partial charge in [0.05, 0.1) is 80.9 Å². The maximum atomic E-state index is 12.6. The van der Waals surface area contributed by atoms with Crippen LogP contribution in [0.4, 0.5) is 0 Å². The number of nitrogens with zero attached hydrogens (tertiary/aromatic N) is 4. The molecule has 3 aromatic carbocycles. The fourth-order valence-corrected chi connectivity index (χ4v) is 7.70. The average molecular weight is 855 g/mol. The molecule has 14 heteroatoms. The second-order valence-electron chi connectivity index (χ2n) is 15.2. The summed E-state index contributed by atoms with van der Waals surface area (Å²) in [7, 11) is 6.48. The van der Waals surface area contributed by atoms with Crippen LogP contribution in [0.2, 0.25) is 0 Å². The molecule has 0 saturated carbocycles. The Morgan fingerprint density at radius 1 is 0.645 bits per heavy atom. The Labute approximate surface area is 366 Å². The van der Waals surface area contributed by atoms with Gasteiger partial charge in [0.1, 0.15) is 28.7 Å². The molecule has 4 aliphatic rings. The summed E-state index contributed by atoms with van der Waals surface area (Å²) in [6, 6.07) is 17.7. The van der Waals surface area contributed by atoms with Crippen molar-refractivity contribution < 1.29 is 47.5 Å². The molecule has 7 rings (SSSR count). The first-order valence-corrected chi connectivity index (χ1v) is 21.4. The number of benzene rings is 3. The Bertz CT molecular complexity index is 2010. The number of carbonyl (C=O) groups excluding carboxylic acids is 2. The lowest BCUT2D eigenvalue weighted by atomic mass is 10.1. The van der Waals surface area contributed by atoms with Crippen LogP contribution in [0.15, 0.2) is 90.7 Å². The highest BCUT2D eigenvalue weighted by molar-refractivity contribution is 6.17. The second-order valence-corrected chi connectivity index (χ2v) is 15.2. The van der Waals surface area contributed by atoms with Crippen LogP contribution in [0.1, 0.15) is 35.1 Å². The monoisotopic (exact) mass is 854 g/mol. The summed E-state index contributed by atoms with van der Waals surface area (Å²) in [5.41, 5.74) is 4.89. The molecular formula is C48H62N4O10. The number of imide groups is 1. The van der Waals surface area contributed by atoms with Gasteiger partial charge >= 0.3 is 0 Å². The van der Waals surface area contributed by atoms with Crippen LogP contribution < -0.4 is 23.7 Å². The molecule has 4 aliphatic heterocycles. The lowest BCUT2D eigenvalue weighted by molar-refractivity contribution is -0.137. The lowest BCUT2D eigenvalue weighted by Gasteiger charge is -2.26. The molecule has 3 aromatic rings. The van der Waals surface area contributed by atoms with Gasteiger partial charge in [-0.25, -0.2) is 0 Å². The summed E-state index contributed by atoms with van der Waals surface area (Å²) in [6.45, 7) is 13.5. The molecule has 0 aliphatic carbocycles. The molecule has 0 radical (unpaired) electrons. The quantitative estimate of drug-likeness (QED) is 0.0606. The zero-order chi connectivity index (χ0) is 43.5. The SMILES string of the molecule is COc1ccc(CN2C(=O)C=C(/C=C\C=C\OCCCN3CCOCC3)C2=O)c(OC)c1.COc1ccc(CN2Cc3cccc(OCCCN4CCOCC4)c3C2)c(OC)c1. The summed E-state index contributed by atoms with van der Waals surface area (Å²) >= 11 is 0. The fraction of sp³-hybridized carbons (Fsp3) is 0.458. The molecule has 0 spiro atoms. The standard InChI is InChI=1S/C24H30N2O6.C24H32N2O4/c1-29-21-8-7-20(22(17-21)30-2)18-26-23(27)16-19(24(26)28)6-3-4-12-31-13-5-9-25-10-14-32-15-11-25;1-27-21-8-7-20(24(15-21)28-2)17-26-16-19-5-3-6-23(22(19)18-26)30-12-4-9-25-10-13-29-14-11-25/h3-4,6-8,12,16-17H,5,9-11,13-15,18H2,1-2H3;3,5-8,15H,4,9-14,16-18H2,1-2H3/b6-3-,12-4+;. The summed E-state index contributed by atoms with van der Waals surface area (Å²) < 4.78 is 43.8. The van der Waals surface area contributed by atoms with Crippen LogP contribution in [0.25, 0.3) is 0 Å². The van der Waals surface area contributed by atoms with Gasteiger partial charge in [0, 0.05) is 99.4 Å². The van der Waals surface area contributed by atoms with E-state index in [2.05, 4.69) is 39.0 Å². The van der Waals surface area contributed by atoms with Gasteiger partial charge < -0.3 is 37.9 Å². The van der Waals surface area contributed by atoms with Crippen molar-refractivity contribution in [2.45, 2.75) is 39.0 Å². The molecule has 4 heterocycles. The zero-order valence-corrected chi connectivity index (χ0v) is 36.7. The largest absolute Gasteiger partial charge is 0.501 e. The van der Waals surface area contributed by atoms with E-state index in [-0.39, 0.29) is 18.4 Å². The molecule has 0 aromatic heterocycles. The maximum absolute atomic E-state index is 12.6. The Hall–Kier alpha value is -5.38. The number of ether oxygens (including phenoxy) is 8. The first-order valence-electron chi connectivity index (χ1n) is 21.4. The van der Waals surface area contributed by atoms with Crippen LogP contribution in [0, 0.1) is 0 Å². The van der Waals surface area contributed by atoms with Crippen molar-refractivity contribution in [3.05, 3.63) is 113 Å². The summed E-state index contributed by atoms with van der Waals surface area (Å²) in [5, 5.41) is 0. The van der Waals surface area contributed by atoms with Gasteiger partial charge in [-0.05, 0) is 54.8 Å². The maximum Gasteiger partial charge on any atom is 0.261 e. The van der Waals surface area contributed by atoms with Crippen LogP contribution in [-0.4, -0.2) is 139 Å². The number of allylic oxidation sites excluding steroid dienone is 2. The summed E-state index contributed by atoms with van der Waals surface area (Å²) in [6.07, 6.45) is 9.92.